The molecule has 0 spiro atoms. The Morgan fingerprint density at radius 2 is 2.36 bits per heavy atom. The van der Waals surface area contributed by atoms with E-state index in [2.05, 4.69) is 0 Å². The van der Waals surface area contributed by atoms with Crippen molar-refractivity contribution in [1.82, 2.24) is 0 Å². The Morgan fingerprint density at radius 3 is 2.82 bits per heavy atom. The maximum atomic E-state index is 5.39. The maximum absolute atomic E-state index is 5.39. The van der Waals surface area contributed by atoms with Crippen LogP contribution in [0.25, 0.3) is 0 Å². The molecule has 0 bridgehead atoms. The summed E-state index contributed by atoms with van der Waals surface area (Å²) in [6.45, 7) is 4.64. The second kappa shape index (κ2) is 4.09. The van der Waals surface area contributed by atoms with Crippen molar-refractivity contribution < 1.29 is 14.2 Å². The maximum Gasteiger partial charge on any atom is 0.186 e. The van der Waals surface area contributed by atoms with E-state index in [1.807, 2.05) is 21.0 Å². The van der Waals surface area contributed by atoms with Crippen molar-refractivity contribution >= 4 is 7.28 Å². The van der Waals surface area contributed by atoms with Gasteiger partial charge in [0.2, 0.25) is 0 Å². The van der Waals surface area contributed by atoms with E-state index in [4.69, 9.17) is 14.2 Å². The fraction of sp³-hybridized carbons (Fsp3) is 1.00. The second-order valence-electron chi connectivity index (χ2n) is 2.65. The lowest BCUT2D eigenvalue weighted by Gasteiger charge is -2.07. The molecular formula is C7H14BO3. The van der Waals surface area contributed by atoms with Crippen molar-refractivity contribution in [1.29, 1.82) is 0 Å². The van der Waals surface area contributed by atoms with Gasteiger partial charge in [-0.15, -0.1) is 0 Å². The van der Waals surface area contributed by atoms with E-state index >= 15 is 0 Å². The van der Waals surface area contributed by atoms with Crippen LogP contribution in [-0.4, -0.2) is 39.4 Å². The minimum absolute atomic E-state index is 0.0399. The van der Waals surface area contributed by atoms with Crippen LogP contribution < -0.4 is 0 Å². The molecule has 1 aliphatic rings. The molecule has 1 rings (SSSR count). The van der Waals surface area contributed by atoms with Gasteiger partial charge in [0.05, 0.1) is 6.10 Å². The van der Waals surface area contributed by atoms with Gasteiger partial charge in [-0.05, 0) is 6.92 Å². The summed E-state index contributed by atoms with van der Waals surface area (Å²) in [4.78, 5) is 0. The van der Waals surface area contributed by atoms with Crippen molar-refractivity contribution in [3.8, 4) is 0 Å². The lowest BCUT2D eigenvalue weighted by molar-refractivity contribution is 0.0756. The Balaban J connectivity index is 2.07. The average molecular weight is 157 g/mol. The normalized spacial score (nSPS) is 31.5. The number of ether oxygens (including phenoxy) is 3. The molecule has 0 aromatic rings. The molecule has 0 aliphatic carbocycles. The Hall–Kier alpha value is -0.0551. The van der Waals surface area contributed by atoms with Crippen LogP contribution in [0.2, 0.25) is 6.82 Å². The largest absolute Gasteiger partial charge is 0.384 e. The van der Waals surface area contributed by atoms with Gasteiger partial charge in [-0.25, -0.2) is 0 Å². The standard InChI is InChI=1S/C7H14BO3/c1-5(10-4-8-2)6-7(9-3)11-6/h5-7H,4H2,1-3H3/t5?,6-,7?/m0/s1. The van der Waals surface area contributed by atoms with Gasteiger partial charge in [-0.3, -0.25) is 0 Å². The summed E-state index contributed by atoms with van der Waals surface area (Å²) in [5, 5.41) is 0. The third kappa shape index (κ3) is 2.47. The van der Waals surface area contributed by atoms with Crippen LogP contribution in [0.4, 0.5) is 0 Å². The SMILES string of the molecule is C[B]COC(C)[C@@H]1OC1OC. The van der Waals surface area contributed by atoms with Gasteiger partial charge in [0, 0.05) is 13.6 Å². The number of epoxide rings is 1. The lowest BCUT2D eigenvalue weighted by Crippen LogP contribution is -2.20. The minimum Gasteiger partial charge on any atom is -0.384 e. The van der Waals surface area contributed by atoms with Crippen LogP contribution in [0.3, 0.4) is 0 Å². The van der Waals surface area contributed by atoms with Crippen molar-refractivity contribution in [3.63, 3.8) is 0 Å². The molecule has 0 aromatic carbocycles. The van der Waals surface area contributed by atoms with E-state index in [1.165, 1.54) is 0 Å². The number of hydrogen-bond acceptors (Lipinski definition) is 3. The van der Waals surface area contributed by atoms with E-state index in [1.54, 1.807) is 7.11 Å². The first-order valence-electron chi connectivity index (χ1n) is 3.87. The summed E-state index contributed by atoms with van der Waals surface area (Å²) < 4.78 is 15.5. The summed E-state index contributed by atoms with van der Waals surface area (Å²) in [7, 11) is 3.62. The zero-order valence-corrected chi connectivity index (χ0v) is 7.24. The van der Waals surface area contributed by atoms with Gasteiger partial charge in [0.1, 0.15) is 13.4 Å². The molecule has 3 atom stereocenters. The Kier molecular flexibility index (Phi) is 3.36. The van der Waals surface area contributed by atoms with E-state index < -0.39 is 0 Å². The molecule has 1 fully saturated rings. The molecule has 0 saturated carbocycles. The summed E-state index contributed by atoms with van der Waals surface area (Å²) in [5.41, 5.74) is 0. The summed E-state index contributed by atoms with van der Waals surface area (Å²) in [5.74, 6) is 0. The van der Waals surface area contributed by atoms with E-state index in [9.17, 15) is 0 Å². The molecular weight excluding hydrogens is 143 g/mol. The Morgan fingerprint density at radius 1 is 1.64 bits per heavy atom. The first-order valence-corrected chi connectivity index (χ1v) is 3.87. The quantitative estimate of drug-likeness (QED) is 0.429. The zero-order valence-electron chi connectivity index (χ0n) is 7.24. The summed E-state index contributed by atoms with van der Waals surface area (Å²) >= 11 is 0. The topological polar surface area (TPSA) is 31.0 Å². The van der Waals surface area contributed by atoms with Crippen molar-refractivity contribution in [2.45, 2.75) is 32.2 Å². The minimum atomic E-state index is -0.0399. The molecule has 63 valence electrons. The summed E-state index contributed by atoms with van der Waals surface area (Å²) in [6.07, 6.45) is 0.234. The number of rotatable bonds is 5. The van der Waals surface area contributed by atoms with Crippen molar-refractivity contribution in [2.75, 3.05) is 13.6 Å². The molecule has 2 unspecified atom stereocenters. The van der Waals surface area contributed by atoms with Gasteiger partial charge in [-0.1, -0.05) is 6.82 Å². The van der Waals surface area contributed by atoms with Crippen LogP contribution in [0.15, 0.2) is 0 Å². The molecule has 1 aliphatic heterocycles. The van der Waals surface area contributed by atoms with Gasteiger partial charge < -0.3 is 14.2 Å². The van der Waals surface area contributed by atoms with Crippen LogP contribution in [0.5, 0.6) is 0 Å². The highest BCUT2D eigenvalue weighted by atomic mass is 16.8. The van der Waals surface area contributed by atoms with Crippen LogP contribution >= 0.6 is 0 Å². The molecule has 0 aromatic heterocycles. The smallest absolute Gasteiger partial charge is 0.186 e. The van der Waals surface area contributed by atoms with Crippen LogP contribution in [0.1, 0.15) is 6.92 Å². The third-order valence-corrected chi connectivity index (χ3v) is 1.70. The Bertz CT molecular complexity index is 120. The van der Waals surface area contributed by atoms with E-state index in [0.717, 1.165) is 0 Å². The fourth-order valence-corrected chi connectivity index (χ4v) is 0.974. The highest BCUT2D eigenvalue weighted by Gasteiger charge is 2.43. The van der Waals surface area contributed by atoms with Crippen molar-refractivity contribution in [2.24, 2.45) is 0 Å². The predicted molar refractivity (Wildman–Crippen MR) is 42.7 cm³/mol. The first kappa shape index (κ1) is 9.04. The Labute approximate surface area is 68.3 Å². The molecule has 1 saturated heterocycles. The van der Waals surface area contributed by atoms with Gasteiger partial charge >= 0.3 is 0 Å². The van der Waals surface area contributed by atoms with Crippen molar-refractivity contribution in [3.05, 3.63) is 0 Å². The third-order valence-electron chi connectivity index (χ3n) is 1.70. The van der Waals surface area contributed by atoms with Gasteiger partial charge in [0.15, 0.2) is 6.29 Å². The van der Waals surface area contributed by atoms with Crippen LogP contribution in [0, 0.1) is 0 Å². The van der Waals surface area contributed by atoms with E-state index in [0.29, 0.717) is 6.51 Å². The van der Waals surface area contributed by atoms with Crippen LogP contribution in [-0.2, 0) is 14.2 Å². The lowest BCUT2D eigenvalue weighted by atomic mass is 9.84. The molecule has 1 heterocycles. The van der Waals surface area contributed by atoms with Gasteiger partial charge in [0.25, 0.3) is 0 Å². The summed E-state index contributed by atoms with van der Waals surface area (Å²) in [6, 6.07) is 0. The fourth-order valence-electron chi connectivity index (χ4n) is 0.974. The highest BCUT2D eigenvalue weighted by Crippen LogP contribution is 2.27. The number of methoxy groups -OCH3 is 1. The number of hydrogen-bond donors (Lipinski definition) is 0. The zero-order chi connectivity index (χ0) is 8.27. The highest BCUT2D eigenvalue weighted by molar-refractivity contribution is 6.33. The molecule has 0 amide bonds. The first-order chi connectivity index (χ1) is 5.29. The monoisotopic (exact) mass is 157 g/mol. The molecule has 3 nitrogen and oxygen atoms in total. The van der Waals surface area contributed by atoms with E-state index in [-0.39, 0.29) is 18.5 Å². The predicted octanol–water partition coefficient (Wildman–Crippen LogP) is 0.473. The molecule has 4 heteroatoms. The molecule has 11 heavy (non-hydrogen) atoms. The van der Waals surface area contributed by atoms with Gasteiger partial charge in [-0.2, -0.15) is 0 Å². The second-order valence-corrected chi connectivity index (χ2v) is 2.65. The average Bonchev–Trinajstić information content (AvgIpc) is 2.78. The molecule has 1 radical (unpaired) electrons. The molecule has 0 N–H and O–H groups in total.